The Morgan fingerprint density at radius 3 is 2.50 bits per heavy atom. The summed E-state index contributed by atoms with van der Waals surface area (Å²) in [5, 5.41) is 0. The van der Waals surface area contributed by atoms with E-state index in [1.165, 1.54) is 0 Å². The molecule has 1 fully saturated rings. The maximum absolute atomic E-state index is 13.1. The Morgan fingerprint density at radius 2 is 1.79 bits per heavy atom. The smallest absolute Gasteiger partial charge is 0.255 e. The lowest BCUT2D eigenvalue weighted by Gasteiger charge is -2.42. The molecule has 126 valence electrons. The van der Waals surface area contributed by atoms with E-state index in [1.807, 2.05) is 47.4 Å². The lowest BCUT2D eigenvalue weighted by atomic mass is 9.79. The molecule has 4 heteroatoms. The number of nitrogens with zero attached hydrogens (tertiary/aromatic N) is 1. The van der Waals surface area contributed by atoms with Crippen LogP contribution in [0.3, 0.4) is 0 Å². The van der Waals surface area contributed by atoms with Crippen molar-refractivity contribution in [3.8, 4) is 0 Å². The van der Waals surface area contributed by atoms with Crippen molar-refractivity contribution in [3.05, 3.63) is 60.2 Å². The number of benzene rings is 2. The standard InChI is InChI=1S/C20H24N2OS/c1-20(2)14-22(13-12-18(20)21)19(23)16-10-6-7-11-17(16)24-15-8-4-3-5-9-15/h3-11,18H,12-14,21H2,1-2H3. The molecule has 0 saturated carbocycles. The zero-order valence-corrected chi connectivity index (χ0v) is 15.1. The Morgan fingerprint density at radius 1 is 1.12 bits per heavy atom. The van der Waals surface area contributed by atoms with E-state index in [2.05, 4.69) is 26.0 Å². The van der Waals surface area contributed by atoms with Gasteiger partial charge in [-0.25, -0.2) is 0 Å². The molecule has 1 atom stereocenters. The van der Waals surface area contributed by atoms with Gasteiger partial charge in [-0.1, -0.05) is 55.9 Å². The number of nitrogens with two attached hydrogens (primary N) is 1. The Kier molecular flexibility index (Phi) is 4.97. The Balaban J connectivity index is 1.83. The first-order valence-electron chi connectivity index (χ1n) is 8.34. The van der Waals surface area contributed by atoms with Crippen molar-refractivity contribution >= 4 is 17.7 Å². The fourth-order valence-corrected chi connectivity index (χ4v) is 4.02. The number of carbonyl (C=O) groups excluding carboxylic acids is 1. The molecule has 2 aromatic rings. The summed E-state index contributed by atoms with van der Waals surface area (Å²) >= 11 is 1.63. The number of rotatable bonds is 3. The lowest BCUT2D eigenvalue weighted by Crippen LogP contribution is -2.54. The van der Waals surface area contributed by atoms with E-state index >= 15 is 0 Å². The second kappa shape index (κ2) is 6.99. The molecule has 1 heterocycles. The highest BCUT2D eigenvalue weighted by Gasteiger charge is 2.36. The van der Waals surface area contributed by atoms with Gasteiger partial charge in [0.2, 0.25) is 0 Å². The number of likely N-dealkylation sites (tertiary alicyclic amines) is 1. The van der Waals surface area contributed by atoms with E-state index in [4.69, 9.17) is 5.73 Å². The van der Waals surface area contributed by atoms with E-state index in [0.717, 1.165) is 28.3 Å². The lowest BCUT2D eigenvalue weighted by molar-refractivity contribution is 0.0529. The molecule has 0 aromatic heterocycles. The quantitative estimate of drug-likeness (QED) is 0.917. The summed E-state index contributed by atoms with van der Waals surface area (Å²) < 4.78 is 0. The summed E-state index contributed by atoms with van der Waals surface area (Å²) in [7, 11) is 0. The van der Waals surface area contributed by atoms with Crippen molar-refractivity contribution < 1.29 is 4.79 Å². The molecule has 1 aliphatic heterocycles. The number of carbonyl (C=O) groups is 1. The van der Waals surface area contributed by atoms with Crippen molar-refractivity contribution in [2.45, 2.75) is 36.1 Å². The third-order valence-corrected chi connectivity index (χ3v) is 5.77. The summed E-state index contributed by atoms with van der Waals surface area (Å²) in [5.74, 6) is 0.106. The molecule has 0 bridgehead atoms. The van der Waals surface area contributed by atoms with E-state index in [-0.39, 0.29) is 17.4 Å². The van der Waals surface area contributed by atoms with Gasteiger partial charge in [0.1, 0.15) is 0 Å². The van der Waals surface area contributed by atoms with Crippen molar-refractivity contribution in [3.63, 3.8) is 0 Å². The fourth-order valence-electron chi connectivity index (χ4n) is 3.07. The summed E-state index contributed by atoms with van der Waals surface area (Å²) in [5.41, 5.74) is 6.93. The highest BCUT2D eigenvalue weighted by atomic mass is 32.2. The average Bonchev–Trinajstić information content (AvgIpc) is 2.58. The molecular formula is C20H24N2OS. The van der Waals surface area contributed by atoms with Gasteiger partial charge >= 0.3 is 0 Å². The predicted octanol–water partition coefficient (Wildman–Crippen LogP) is 4.04. The maximum Gasteiger partial charge on any atom is 0.255 e. The second-order valence-electron chi connectivity index (χ2n) is 7.02. The van der Waals surface area contributed by atoms with Crippen molar-refractivity contribution in [2.75, 3.05) is 13.1 Å². The SMILES string of the molecule is CC1(C)CN(C(=O)c2ccccc2Sc2ccccc2)CCC1N. The Hall–Kier alpha value is -1.78. The normalized spacial score (nSPS) is 20.0. The van der Waals surface area contributed by atoms with Crippen LogP contribution >= 0.6 is 11.8 Å². The van der Waals surface area contributed by atoms with Crippen LogP contribution in [-0.4, -0.2) is 29.9 Å². The molecule has 2 N–H and O–H groups in total. The molecule has 2 aromatic carbocycles. The molecule has 3 rings (SSSR count). The molecule has 0 aliphatic carbocycles. The van der Waals surface area contributed by atoms with E-state index < -0.39 is 0 Å². The van der Waals surface area contributed by atoms with Crippen molar-refractivity contribution in [2.24, 2.45) is 11.1 Å². The minimum absolute atomic E-state index is 0.0462. The van der Waals surface area contributed by atoms with E-state index in [0.29, 0.717) is 6.54 Å². The topological polar surface area (TPSA) is 46.3 Å². The maximum atomic E-state index is 13.1. The molecule has 1 aliphatic rings. The van der Waals surface area contributed by atoms with Crippen LogP contribution in [0.15, 0.2) is 64.4 Å². The summed E-state index contributed by atoms with van der Waals surface area (Å²) in [6.45, 7) is 5.72. The van der Waals surface area contributed by atoms with Gasteiger partial charge in [0.25, 0.3) is 5.91 Å². The third kappa shape index (κ3) is 3.65. The first-order valence-corrected chi connectivity index (χ1v) is 9.16. The van der Waals surface area contributed by atoms with Gasteiger partial charge in [0.05, 0.1) is 5.56 Å². The predicted molar refractivity (Wildman–Crippen MR) is 99.3 cm³/mol. The van der Waals surface area contributed by atoms with Gasteiger partial charge in [-0.05, 0) is 36.1 Å². The van der Waals surface area contributed by atoms with Gasteiger partial charge in [-0.2, -0.15) is 0 Å². The minimum atomic E-state index is -0.0462. The second-order valence-corrected chi connectivity index (χ2v) is 8.14. The Labute approximate surface area is 148 Å². The van der Waals surface area contributed by atoms with Gasteiger partial charge < -0.3 is 10.6 Å². The zero-order valence-electron chi connectivity index (χ0n) is 14.2. The van der Waals surface area contributed by atoms with Crippen LogP contribution in [0.5, 0.6) is 0 Å². The number of hydrogen-bond donors (Lipinski definition) is 1. The largest absolute Gasteiger partial charge is 0.338 e. The molecule has 3 nitrogen and oxygen atoms in total. The molecular weight excluding hydrogens is 316 g/mol. The summed E-state index contributed by atoms with van der Waals surface area (Å²) in [6, 6.07) is 18.2. The highest BCUT2D eigenvalue weighted by molar-refractivity contribution is 7.99. The van der Waals surface area contributed by atoms with Crippen molar-refractivity contribution in [1.82, 2.24) is 4.90 Å². The fraction of sp³-hybridized carbons (Fsp3) is 0.350. The number of piperidine rings is 1. The van der Waals surface area contributed by atoms with E-state index in [1.54, 1.807) is 11.8 Å². The molecule has 0 radical (unpaired) electrons. The average molecular weight is 340 g/mol. The van der Waals surface area contributed by atoms with Crippen LogP contribution in [0.25, 0.3) is 0 Å². The van der Waals surface area contributed by atoms with Gasteiger partial charge in [0, 0.05) is 28.9 Å². The highest BCUT2D eigenvalue weighted by Crippen LogP contribution is 2.33. The summed E-state index contributed by atoms with van der Waals surface area (Å²) in [6.07, 6.45) is 0.854. The van der Waals surface area contributed by atoms with Crippen LogP contribution in [0.2, 0.25) is 0 Å². The van der Waals surface area contributed by atoms with E-state index in [9.17, 15) is 4.79 Å². The minimum Gasteiger partial charge on any atom is -0.338 e. The van der Waals surface area contributed by atoms with Gasteiger partial charge in [-0.3, -0.25) is 4.79 Å². The first-order chi connectivity index (χ1) is 11.5. The number of hydrogen-bond acceptors (Lipinski definition) is 3. The van der Waals surface area contributed by atoms with Crippen molar-refractivity contribution in [1.29, 1.82) is 0 Å². The van der Waals surface area contributed by atoms with Crippen LogP contribution in [0, 0.1) is 5.41 Å². The molecule has 1 unspecified atom stereocenters. The third-order valence-electron chi connectivity index (χ3n) is 4.69. The zero-order chi connectivity index (χ0) is 17.2. The Bertz CT molecular complexity index is 715. The molecule has 1 saturated heterocycles. The molecule has 24 heavy (non-hydrogen) atoms. The molecule has 0 spiro atoms. The van der Waals surface area contributed by atoms with Crippen LogP contribution in [-0.2, 0) is 0 Å². The van der Waals surface area contributed by atoms with Crippen LogP contribution in [0.1, 0.15) is 30.6 Å². The first kappa shape index (κ1) is 17.1. The summed E-state index contributed by atoms with van der Waals surface area (Å²) in [4.78, 5) is 17.2. The number of amides is 1. The van der Waals surface area contributed by atoms with Crippen LogP contribution < -0.4 is 5.73 Å². The molecule has 1 amide bonds. The van der Waals surface area contributed by atoms with Gasteiger partial charge in [-0.15, -0.1) is 0 Å². The monoisotopic (exact) mass is 340 g/mol. The van der Waals surface area contributed by atoms with Crippen LogP contribution in [0.4, 0.5) is 0 Å². The van der Waals surface area contributed by atoms with Gasteiger partial charge in [0.15, 0.2) is 0 Å².